The van der Waals surface area contributed by atoms with Crippen LogP contribution < -0.4 is 5.32 Å². The Balaban J connectivity index is 1.83. The van der Waals surface area contributed by atoms with E-state index in [0.717, 1.165) is 51.9 Å². The van der Waals surface area contributed by atoms with Gasteiger partial charge in [-0.3, -0.25) is 14.5 Å². The second-order valence-corrected chi connectivity index (χ2v) is 5.94. The number of piperazine rings is 1. The van der Waals surface area contributed by atoms with E-state index in [-0.39, 0.29) is 11.9 Å². The molecule has 5 nitrogen and oxygen atoms in total. The van der Waals surface area contributed by atoms with Gasteiger partial charge in [-0.2, -0.15) is 0 Å². The van der Waals surface area contributed by atoms with E-state index in [1.54, 1.807) is 4.90 Å². The third kappa shape index (κ3) is 3.95. The molecule has 0 radical (unpaired) electrons. The molecular weight excluding hydrogens is 254 g/mol. The normalized spacial score (nSPS) is 23.4. The molecular formula is C15H27N3O2. The average Bonchev–Trinajstić information content (AvgIpc) is 2.49. The fraction of sp³-hybridized carbons (Fsp3) is 0.867. The van der Waals surface area contributed by atoms with Crippen molar-refractivity contribution in [2.45, 2.75) is 57.5 Å². The van der Waals surface area contributed by atoms with Crippen LogP contribution >= 0.6 is 0 Å². The van der Waals surface area contributed by atoms with Gasteiger partial charge < -0.3 is 10.2 Å². The first-order valence-electron chi connectivity index (χ1n) is 7.98. The number of hydrogen-bond donors (Lipinski definition) is 1. The van der Waals surface area contributed by atoms with E-state index in [4.69, 9.17) is 0 Å². The summed E-state index contributed by atoms with van der Waals surface area (Å²) in [6.07, 6.45) is 7.76. The Labute approximate surface area is 121 Å². The Hall–Kier alpha value is -1.10. The standard InChI is InChI=1S/C15H27N3O2/c1-2-14(18-10-8-17(12-19)9-11-18)15(20)16-13-6-4-3-5-7-13/h12-14H,2-11H2,1H3,(H,16,20). The van der Waals surface area contributed by atoms with Gasteiger partial charge in [0.2, 0.25) is 12.3 Å². The first-order chi connectivity index (χ1) is 9.74. The van der Waals surface area contributed by atoms with Gasteiger partial charge in [0.25, 0.3) is 0 Å². The lowest BCUT2D eigenvalue weighted by atomic mass is 9.95. The predicted molar refractivity (Wildman–Crippen MR) is 78.3 cm³/mol. The largest absolute Gasteiger partial charge is 0.352 e. The molecule has 1 heterocycles. The summed E-state index contributed by atoms with van der Waals surface area (Å²) in [6.45, 7) is 5.13. The fourth-order valence-electron chi connectivity index (χ4n) is 3.31. The minimum Gasteiger partial charge on any atom is -0.352 e. The van der Waals surface area contributed by atoms with Gasteiger partial charge in [-0.15, -0.1) is 0 Å². The number of rotatable bonds is 5. The van der Waals surface area contributed by atoms with Crippen LogP contribution in [0.25, 0.3) is 0 Å². The minimum absolute atomic E-state index is 0.0364. The highest BCUT2D eigenvalue weighted by Crippen LogP contribution is 2.18. The number of nitrogens with zero attached hydrogens (tertiary/aromatic N) is 2. The van der Waals surface area contributed by atoms with Crippen LogP contribution in [0.1, 0.15) is 45.4 Å². The lowest BCUT2D eigenvalue weighted by Gasteiger charge is -2.37. The molecule has 1 aliphatic heterocycles. The second-order valence-electron chi connectivity index (χ2n) is 5.94. The molecule has 2 amide bonds. The van der Waals surface area contributed by atoms with E-state index >= 15 is 0 Å². The number of hydrogen-bond acceptors (Lipinski definition) is 3. The highest BCUT2D eigenvalue weighted by Gasteiger charge is 2.28. The monoisotopic (exact) mass is 281 g/mol. The molecule has 1 aliphatic carbocycles. The van der Waals surface area contributed by atoms with Crippen LogP contribution in [0.4, 0.5) is 0 Å². The Morgan fingerprint density at radius 1 is 1.20 bits per heavy atom. The summed E-state index contributed by atoms with van der Waals surface area (Å²) in [4.78, 5) is 27.2. The van der Waals surface area contributed by atoms with Gasteiger partial charge in [-0.1, -0.05) is 26.2 Å². The van der Waals surface area contributed by atoms with Gasteiger partial charge in [0.05, 0.1) is 6.04 Å². The topological polar surface area (TPSA) is 52.7 Å². The quantitative estimate of drug-likeness (QED) is 0.765. The zero-order valence-corrected chi connectivity index (χ0v) is 12.5. The Morgan fingerprint density at radius 3 is 2.40 bits per heavy atom. The zero-order chi connectivity index (χ0) is 14.4. The van der Waals surface area contributed by atoms with Crippen molar-refractivity contribution in [2.24, 2.45) is 0 Å². The Bertz CT molecular complexity index is 321. The average molecular weight is 281 g/mol. The van der Waals surface area contributed by atoms with Crippen LogP contribution in [0.15, 0.2) is 0 Å². The van der Waals surface area contributed by atoms with Crippen molar-refractivity contribution in [3.63, 3.8) is 0 Å². The molecule has 1 N–H and O–H groups in total. The maximum atomic E-state index is 12.5. The molecule has 20 heavy (non-hydrogen) atoms. The maximum absolute atomic E-state index is 12.5. The molecule has 5 heteroatoms. The fourth-order valence-corrected chi connectivity index (χ4v) is 3.31. The van der Waals surface area contributed by atoms with Crippen LogP contribution in [0.2, 0.25) is 0 Å². The lowest BCUT2D eigenvalue weighted by molar-refractivity contribution is -0.129. The Morgan fingerprint density at radius 2 is 1.85 bits per heavy atom. The van der Waals surface area contributed by atoms with Crippen LogP contribution in [0.3, 0.4) is 0 Å². The van der Waals surface area contributed by atoms with E-state index in [9.17, 15) is 9.59 Å². The zero-order valence-electron chi connectivity index (χ0n) is 12.5. The van der Waals surface area contributed by atoms with Gasteiger partial charge in [0.1, 0.15) is 0 Å². The van der Waals surface area contributed by atoms with Crippen LogP contribution in [-0.4, -0.2) is 60.4 Å². The first kappa shape index (κ1) is 15.3. The Kier molecular flexibility index (Phi) is 5.83. The molecule has 1 unspecified atom stereocenters. The third-order valence-corrected chi connectivity index (χ3v) is 4.58. The van der Waals surface area contributed by atoms with E-state index in [1.807, 2.05) is 0 Å². The van der Waals surface area contributed by atoms with Crippen LogP contribution in [-0.2, 0) is 9.59 Å². The number of carbonyl (C=O) groups is 2. The first-order valence-corrected chi connectivity index (χ1v) is 7.98. The van der Waals surface area contributed by atoms with Gasteiger partial charge in [0, 0.05) is 32.2 Å². The molecule has 0 bridgehead atoms. The van der Waals surface area contributed by atoms with E-state index < -0.39 is 0 Å². The molecule has 2 fully saturated rings. The summed E-state index contributed by atoms with van der Waals surface area (Å²) in [5, 5.41) is 3.23. The van der Waals surface area contributed by atoms with E-state index in [2.05, 4.69) is 17.1 Å². The highest BCUT2D eigenvalue weighted by molar-refractivity contribution is 5.82. The van der Waals surface area contributed by atoms with Crippen LogP contribution in [0.5, 0.6) is 0 Å². The van der Waals surface area contributed by atoms with Gasteiger partial charge in [-0.25, -0.2) is 0 Å². The van der Waals surface area contributed by atoms with Gasteiger partial charge in [0.15, 0.2) is 0 Å². The van der Waals surface area contributed by atoms with Crippen molar-refractivity contribution in [3.8, 4) is 0 Å². The summed E-state index contributed by atoms with van der Waals surface area (Å²) in [6, 6.07) is 0.340. The maximum Gasteiger partial charge on any atom is 0.237 e. The summed E-state index contributed by atoms with van der Waals surface area (Å²) >= 11 is 0. The molecule has 2 rings (SSSR count). The summed E-state index contributed by atoms with van der Waals surface area (Å²) < 4.78 is 0. The van der Waals surface area contributed by atoms with Gasteiger partial charge in [-0.05, 0) is 19.3 Å². The second kappa shape index (κ2) is 7.62. The molecule has 1 atom stereocenters. The number of nitrogens with one attached hydrogen (secondary N) is 1. The van der Waals surface area contributed by atoms with E-state index in [1.165, 1.54) is 19.3 Å². The molecule has 0 aromatic heterocycles. The molecule has 1 saturated heterocycles. The van der Waals surface area contributed by atoms with E-state index in [0.29, 0.717) is 6.04 Å². The molecule has 1 saturated carbocycles. The molecule has 114 valence electrons. The third-order valence-electron chi connectivity index (χ3n) is 4.58. The smallest absolute Gasteiger partial charge is 0.237 e. The summed E-state index contributed by atoms with van der Waals surface area (Å²) in [5.74, 6) is 0.180. The van der Waals surface area contributed by atoms with Crippen molar-refractivity contribution in [3.05, 3.63) is 0 Å². The summed E-state index contributed by atoms with van der Waals surface area (Å²) in [7, 11) is 0. The van der Waals surface area contributed by atoms with Crippen molar-refractivity contribution < 1.29 is 9.59 Å². The lowest BCUT2D eigenvalue weighted by Crippen LogP contribution is -2.55. The summed E-state index contributed by atoms with van der Waals surface area (Å²) in [5.41, 5.74) is 0. The van der Waals surface area contributed by atoms with Crippen molar-refractivity contribution in [1.82, 2.24) is 15.1 Å². The van der Waals surface area contributed by atoms with Crippen LogP contribution in [0, 0.1) is 0 Å². The van der Waals surface area contributed by atoms with Gasteiger partial charge >= 0.3 is 0 Å². The van der Waals surface area contributed by atoms with Crippen molar-refractivity contribution in [1.29, 1.82) is 0 Å². The van der Waals surface area contributed by atoms with Crippen molar-refractivity contribution in [2.75, 3.05) is 26.2 Å². The minimum atomic E-state index is -0.0364. The number of amides is 2. The van der Waals surface area contributed by atoms with Crippen molar-refractivity contribution >= 4 is 12.3 Å². The predicted octanol–water partition coefficient (Wildman–Crippen LogP) is 0.988. The SMILES string of the molecule is CCC(C(=O)NC1CCCCC1)N1CCN(C=O)CC1. The molecule has 2 aliphatic rings. The molecule has 0 spiro atoms. The molecule has 0 aromatic rings. The highest BCUT2D eigenvalue weighted by atomic mass is 16.2. The molecule has 0 aromatic carbocycles. The number of carbonyl (C=O) groups excluding carboxylic acids is 2.